The summed E-state index contributed by atoms with van der Waals surface area (Å²) in [6, 6.07) is 14.5. The molecule has 0 spiro atoms. The molecule has 0 radical (unpaired) electrons. The molecule has 0 atom stereocenters. The number of sulfonamides is 1. The lowest BCUT2D eigenvalue weighted by Crippen LogP contribution is -2.48. The summed E-state index contributed by atoms with van der Waals surface area (Å²) in [5, 5.41) is 17.4. The van der Waals surface area contributed by atoms with Crippen LogP contribution in [0.4, 0.5) is 5.69 Å². The summed E-state index contributed by atoms with van der Waals surface area (Å²) >= 11 is 3.43. The Kier molecular flexibility index (Phi) is 9.53. The quantitative estimate of drug-likeness (QED) is 0.488. The van der Waals surface area contributed by atoms with Crippen LogP contribution in [0.1, 0.15) is 12.5 Å². The van der Waals surface area contributed by atoms with Crippen LogP contribution in [0.2, 0.25) is 0 Å². The van der Waals surface area contributed by atoms with Gasteiger partial charge in [-0.2, -0.15) is 4.31 Å². The Morgan fingerprint density at radius 1 is 0.909 bits per heavy atom. The highest BCUT2D eigenvalue weighted by Gasteiger charge is 2.28. The fraction of sp³-hybridized carbons (Fsp3) is 0.286. The molecule has 178 valence electrons. The topological polar surface area (TPSA) is 144 Å². The third-order valence-electron chi connectivity index (χ3n) is 4.65. The molecule has 1 amide bonds. The van der Waals surface area contributed by atoms with Crippen molar-refractivity contribution < 1.29 is 33.0 Å². The first kappa shape index (κ1) is 26.5. The number of rotatable bonds is 5. The van der Waals surface area contributed by atoms with E-state index in [2.05, 4.69) is 38.3 Å². The smallest absolute Gasteiger partial charge is 0.414 e. The number of halogens is 1. The number of carboxylic acids is 2. The van der Waals surface area contributed by atoms with Gasteiger partial charge in [0.1, 0.15) is 0 Å². The van der Waals surface area contributed by atoms with Crippen LogP contribution < -0.4 is 5.32 Å². The number of carboxylic acid groups (broad SMARTS) is 2. The van der Waals surface area contributed by atoms with Crippen LogP contribution in [0.3, 0.4) is 0 Å². The van der Waals surface area contributed by atoms with Crippen LogP contribution >= 0.6 is 15.9 Å². The molecule has 12 heteroatoms. The van der Waals surface area contributed by atoms with Crippen LogP contribution in [0.5, 0.6) is 0 Å². The van der Waals surface area contributed by atoms with Crippen molar-refractivity contribution in [2.24, 2.45) is 0 Å². The minimum atomic E-state index is -3.52. The summed E-state index contributed by atoms with van der Waals surface area (Å²) in [5.74, 6) is -3.84. The van der Waals surface area contributed by atoms with Gasteiger partial charge in [-0.25, -0.2) is 18.0 Å². The van der Waals surface area contributed by atoms with Gasteiger partial charge in [0.15, 0.2) is 0 Å². The van der Waals surface area contributed by atoms with Crippen LogP contribution in [-0.2, 0) is 31.0 Å². The Labute approximate surface area is 200 Å². The maximum Gasteiger partial charge on any atom is 0.414 e. The second-order valence-electron chi connectivity index (χ2n) is 7.12. The molecule has 1 fully saturated rings. The van der Waals surface area contributed by atoms with Crippen molar-refractivity contribution >= 4 is 49.5 Å². The minimum absolute atomic E-state index is 0.187. The lowest BCUT2D eigenvalue weighted by Gasteiger charge is -2.34. The van der Waals surface area contributed by atoms with Crippen LogP contribution in [-0.4, -0.2) is 71.9 Å². The summed E-state index contributed by atoms with van der Waals surface area (Å²) in [6.45, 7) is 4.54. The molecule has 1 aliphatic heterocycles. The van der Waals surface area contributed by atoms with Gasteiger partial charge in [0, 0.05) is 49.8 Å². The number of nitrogens with zero attached hydrogens (tertiary/aromatic N) is 2. The molecular weight excluding hydrogens is 518 g/mol. The van der Waals surface area contributed by atoms with Crippen LogP contribution in [0.25, 0.3) is 0 Å². The van der Waals surface area contributed by atoms with Gasteiger partial charge in [-0.3, -0.25) is 9.69 Å². The van der Waals surface area contributed by atoms with Gasteiger partial charge in [0.05, 0.1) is 4.90 Å². The Morgan fingerprint density at radius 3 is 1.88 bits per heavy atom. The molecule has 3 rings (SSSR count). The molecule has 0 aromatic heterocycles. The fourth-order valence-electron chi connectivity index (χ4n) is 3.04. The Morgan fingerprint density at radius 2 is 1.42 bits per heavy atom. The predicted octanol–water partition coefficient (Wildman–Crippen LogP) is 2.07. The minimum Gasteiger partial charge on any atom is -0.473 e. The molecule has 1 heterocycles. The third kappa shape index (κ3) is 8.24. The molecule has 2 aromatic rings. The summed E-state index contributed by atoms with van der Waals surface area (Å²) in [6.07, 6.45) is 0. The molecule has 2 aromatic carbocycles. The highest BCUT2D eigenvalue weighted by molar-refractivity contribution is 9.10. The number of anilines is 1. The van der Waals surface area contributed by atoms with E-state index < -0.39 is 22.0 Å². The van der Waals surface area contributed by atoms with Crippen molar-refractivity contribution in [3.8, 4) is 0 Å². The van der Waals surface area contributed by atoms with Crippen molar-refractivity contribution in [1.29, 1.82) is 0 Å². The van der Waals surface area contributed by atoms with Crippen molar-refractivity contribution in [2.45, 2.75) is 18.4 Å². The lowest BCUT2D eigenvalue weighted by molar-refractivity contribution is -0.159. The average Bonchev–Trinajstić information content (AvgIpc) is 2.76. The molecule has 3 N–H and O–H groups in total. The van der Waals surface area contributed by atoms with Gasteiger partial charge >= 0.3 is 11.9 Å². The SMILES string of the molecule is CC(=O)Nc1ccc(S(=O)(=O)N2CCN(Cc3ccc(Br)cc3)CC2)cc1.O=C(O)C(=O)O. The van der Waals surface area contributed by atoms with Gasteiger partial charge < -0.3 is 15.5 Å². The Hall–Kier alpha value is -2.80. The van der Waals surface area contributed by atoms with Crippen molar-refractivity contribution in [2.75, 3.05) is 31.5 Å². The molecular formula is C21H24BrN3O7S. The van der Waals surface area contributed by atoms with Crippen molar-refractivity contribution in [3.05, 3.63) is 58.6 Å². The maximum atomic E-state index is 12.8. The molecule has 0 unspecified atom stereocenters. The number of nitrogens with one attached hydrogen (secondary N) is 1. The molecule has 1 saturated heterocycles. The number of aliphatic carboxylic acids is 2. The van der Waals surface area contributed by atoms with E-state index >= 15 is 0 Å². The highest BCUT2D eigenvalue weighted by atomic mass is 79.9. The number of carbonyl (C=O) groups is 3. The van der Waals surface area contributed by atoms with Gasteiger partial charge in [-0.05, 0) is 42.0 Å². The van der Waals surface area contributed by atoms with Gasteiger partial charge in [-0.15, -0.1) is 0 Å². The molecule has 33 heavy (non-hydrogen) atoms. The first-order valence-corrected chi connectivity index (χ1v) is 12.0. The number of piperazine rings is 1. The van der Waals surface area contributed by atoms with E-state index in [1.165, 1.54) is 28.9 Å². The Balaban J connectivity index is 0.000000569. The largest absolute Gasteiger partial charge is 0.473 e. The summed E-state index contributed by atoms with van der Waals surface area (Å²) in [4.78, 5) is 31.8. The van der Waals surface area contributed by atoms with E-state index in [9.17, 15) is 13.2 Å². The van der Waals surface area contributed by atoms with Gasteiger partial charge in [0.25, 0.3) is 0 Å². The summed E-state index contributed by atoms with van der Waals surface area (Å²) in [7, 11) is -3.52. The first-order chi connectivity index (χ1) is 15.5. The van der Waals surface area contributed by atoms with E-state index in [-0.39, 0.29) is 10.8 Å². The average molecular weight is 542 g/mol. The van der Waals surface area contributed by atoms with Gasteiger partial charge in [0.2, 0.25) is 15.9 Å². The second kappa shape index (κ2) is 11.9. The van der Waals surface area contributed by atoms with Crippen molar-refractivity contribution in [1.82, 2.24) is 9.21 Å². The van der Waals surface area contributed by atoms with E-state index in [0.29, 0.717) is 31.9 Å². The number of benzene rings is 2. The van der Waals surface area contributed by atoms with E-state index in [4.69, 9.17) is 19.8 Å². The van der Waals surface area contributed by atoms with Crippen molar-refractivity contribution in [3.63, 3.8) is 0 Å². The van der Waals surface area contributed by atoms with Gasteiger partial charge in [-0.1, -0.05) is 28.1 Å². The first-order valence-electron chi connectivity index (χ1n) is 9.80. The zero-order valence-corrected chi connectivity index (χ0v) is 20.2. The number of amides is 1. The fourth-order valence-corrected chi connectivity index (χ4v) is 4.73. The predicted molar refractivity (Wildman–Crippen MR) is 124 cm³/mol. The van der Waals surface area contributed by atoms with E-state index in [0.717, 1.165) is 11.0 Å². The summed E-state index contributed by atoms with van der Waals surface area (Å²) < 4.78 is 28.3. The van der Waals surface area contributed by atoms with Crippen LogP contribution in [0.15, 0.2) is 57.9 Å². The molecule has 0 aliphatic carbocycles. The third-order valence-corrected chi connectivity index (χ3v) is 7.09. The zero-order chi connectivity index (χ0) is 24.6. The second-order valence-corrected chi connectivity index (χ2v) is 9.98. The summed E-state index contributed by atoms with van der Waals surface area (Å²) in [5.41, 5.74) is 1.80. The normalized spacial score (nSPS) is 14.6. The lowest BCUT2D eigenvalue weighted by atomic mass is 10.2. The highest BCUT2D eigenvalue weighted by Crippen LogP contribution is 2.21. The zero-order valence-electron chi connectivity index (χ0n) is 17.8. The maximum absolute atomic E-state index is 12.8. The van der Waals surface area contributed by atoms with Crippen LogP contribution in [0, 0.1) is 0 Å². The van der Waals surface area contributed by atoms with E-state index in [1.807, 2.05) is 12.1 Å². The standard InChI is InChI=1S/C19H22BrN3O3S.C2H2O4/c1-15(24)21-18-6-8-19(9-7-18)27(25,26)23-12-10-22(11-13-23)14-16-2-4-17(20)5-3-16;3-1(4)2(5)6/h2-9H,10-14H2,1H3,(H,21,24);(H,3,4)(H,5,6). The number of hydrogen-bond donors (Lipinski definition) is 3. The number of hydrogen-bond acceptors (Lipinski definition) is 6. The molecule has 0 saturated carbocycles. The monoisotopic (exact) mass is 541 g/mol. The van der Waals surface area contributed by atoms with E-state index in [1.54, 1.807) is 12.1 Å². The Bertz CT molecular complexity index is 1070. The number of carbonyl (C=O) groups excluding carboxylic acids is 1. The molecule has 1 aliphatic rings. The molecule has 10 nitrogen and oxygen atoms in total. The molecule has 0 bridgehead atoms.